The van der Waals surface area contributed by atoms with E-state index < -0.39 is 0 Å². The summed E-state index contributed by atoms with van der Waals surface area (Å²) in [6.45, 7) is 4.45. The minimum Gasteiger partial charge on any atom is -0.486 e. The van der Waals surface area contributed by atoms with Gasteiger partial charge in [-0.2, -0.15) is 0 Å². The Morgan fingerprint density at radius 1 is 1.47 bits per heavy atom. The van der Waals surface area contributed by atoms with Crippen molar-refractivity contribution in [1.29, 1.82) is 0 Å². The molecule has 2 rings (SSSR count). The van der Waals surface area contributed by atoms with Crippen LogP contribution in [0.5, 0.6) is 5.75 Å². The van der Waals surface area contributed by atoms with E-state index in [1.165, 1.54) is 0 Å². The van der Waals surface area contributed by atoms with Crippen molar-refractivity contribution in [3.63, 3.8) is 0 Å². The second-order valence-electron chi connectivity index (χ2n) is 4.35. The van der Waals surface area contributed by atoms with E-state index in [0.29, 0.717) is 17.4 Å². The normalized spacial score (nSPS) is 12.4. The quantitative estimate of drug-likeness (QED) is 0.908. The first-order chi connectivity index (χ1) is 9.10. The molecule has 2 N–H and O–H groups in total. The summed E-state index contributed by atoms with van der Waals surface area (Å²) < 4.78 is 5.69. The van der Waals surface area contributed by atoms with Gasteiger partial charge in [-0.25, -0.2) is 4.98 Å². The number of hydrogen-bond donors (Lipinski definition) is 1. The fraction of sp³-hybridized carbons (Fsp3) is 0.357. The van der Waals surface area contributed by atoms with Crippen LogP contribution in [0.25, 0.3) is 0 Å². The number of aromatic nitrogens is 1. The van der Waals surface area contributed by atoms with Crippen LogP contribution < -0.4 is 10.5 Å². The molecular formula is C14H17ClN2OS. The third-order valence-corrected chi connectivity index (χ3v) is 4.10. The Kier molecular flexibility index (Phi) is 4.80. The van der Waals surface area contributed by atoms with Crippen molar-refractivity contribution < 1.29 is 4.74 Å². The highest BCUT2D eigenvalue weighted by atomic mass is 35.5. The maximum absolute atomic E-state index is 6.17. The zero-order valence-corrected chi connectivity index (χ0v) is 12.6. The molecule has 0 radical (unpaired) electrons. The van der Waals surface area contributed by atoms with Gasteiger partial charge in [-0.15, -0.1) is 11.3 Å². The van der Waals surface area contributed by atoms with Gasteiger partial charge in [-0.3, -0.25) is 0 Å². The van der Waals surface area contributed by atoms with Crippen molar-refractivity contribution in [2.45, 2.75) is 32.9 Å². The van der Waals surface area contributed by atoms with E-state index in [0.717, 1.165) is 22.7 Å². The molecule has 1 heterocycles. The topological polar surface area (TPSA) is 48.1 Å². The number of thiazole rings is 1. The van der Waals surface area contributed by atoms with Gasteiger partial charge in [0.2, 0.25) is 0 Å². The number of nitrogens with zero attached hydrogens (tertiary/aromatic N) is 1. The first kappa shape index (κ1) is 14.3. The summed E-state index contributed by atoms with van der Waals surface area (Å²) in [5.74, 6) is 0.664. The lowest BCUT2D eigenvalue weighted by molar-refractivity contribution is 0.302. The minimum atomic E-state index is -0.0304. The highest BCUT2D eigenvalue weighted by Gasteiger charge is 2.07. The Morgan fingerprint density at radius 2 is 2.26 bits per heavy atom. The number of benzene rings is 1. The lowest BCUT2D eigenvalue weighted by Crippen LogP contribution is -2.05. The molecule has 102 valence electrons. The van der Waals surface area contributed by atoms with E-state index >= 15 is 0 Å². The summed E-state index contributed by atoms with van der Waals surface area (Å²) in [6, 6.07) is 5.61. The van der Waals surface area contributed by atoms with Gasteiger partial charge < -0.3 is 10.5 Å². The Bertz CT molecular complexity index is 554. The summed E-state index contributed by atoms with van der Waals surface area (Å²) in [6.07, 6.45) is 0.953. The Balaban J connectivity index is 2.03. The number of halogens is 1. The van der Waals surface area contributed by atoms with Crippen LogP contribution in [0.3, 0.4) is 0 Å². The predicted octanol–water partition coefficient (Wildman–Crippen LogP) is 3.96. The Hall–Kier alpha value is -1.10. The van der Waals surface area contributed by atoms with Crippen LogP contribution in [0.15, 0.2) is 23.6 Å². The van der Waals surface area contributed by atoms with Crippen LogP contribution in [0.1, 0.15) is 36.2 Å². The number of rotatable bonds is 5. The van der Waals surface area contributed by atoms with Crippen LogP contribution in [0.4, 0.5) is 0 Å². The lowest BCUT2D eigenvalue weighted by Gasteiger charge is -2.10. The molecule has 0 spiro atoms. The number of aryl methyl sites for hydroxylation is 1. The van der Waals surface area contributed by atoms with Gasteiger partial charge >= 0.3 is 0 Å². The van der Waals surface area contributed by atoms with Gasteiger partial charge in [0, 0.05) is 11.4 Å². The average Bonchev–Trinajstić information content (AvgIpc) is 2.85. The molecule has 0 saturated carbocycles. The molecule has 1 atom stereocenters. The van der Waals surface area contributed by atoms with Gasteiger partial charge in [-0.05, 0) is 31.0 Å². The van der Waals surface area contributed by atoms with Crippen molar-refractivity contribution in [3.8, 4) is 5.75 Å². The zero-order valence-electron chi connectivity index (χ0n) is 11.0. The highest BCUT2D eigenvalue weighted by Crippen LogP contribution is 2.28. The SMILES string of the molecule is CCc1nc(COc2ccc(C(C)N)cc2Cl)cs1. The molecule has 1 aromatic heterocycles. The molecule has 0 aliphatic carbocycles. The van der Waals surface area contributed by atoms with E-state index in [9.17, 15) is 0 Å². The predicted molar refractivity (Wildman–Crippen MR) is 79.9 cm³/mol. The van der Waals surface area contributed by atoms with E-state index in [-0.39, 0.29) is 6.04 Å². The van der Waals surface area contributed by atoms with Crippen LogP contribution in [0, 0.1) is 0 Å². The van der Waals surface area contributed by atoms with Crippen LogP contribution in [0.2, 0.25) is 5.02 Å². The number of nitrogens with two attached hydrogens (primary N) is 1. The second-order valence-corrected chi connectivity index (χ2v) is 5.70. The minimum absolute atomic E-state index is 0.0304. The summed E-state index contributed by atoms with van der Waals surface area (Å²) in [4.78, 5) is 4.45. The molecule has 0 amide bonds. The van der Waals surface area contributed by atoms with Crippen LogP contribution >= 0.6 is 22.9 Å². The molecule has 0 saturated heterocycles. The molecular weight excluding hydrogens is 280 g/mol. The van der Waals surface area contributed by atoms with Gasteiger partial charge in [-0.1, -0.05) is 24.6 Å². The molecule has 0 bridgehead atoms. The van der Waals surface area contributed by atoms with Gasteiger partial charge in [0.05, 0.1) is 15.7 Å². The summed E-state index contributed by atoms with van der Waals surface area (Å²) in [5, 5.41) is 3.72. The summed E-state index contributed by atoms with van der Waals surface area (Å²) >= 11 is 7.83. The highest BCUT2D eigenvalue weighted by molar-refractivity contribution is 7.09. The number of ether oxygens (including phenoxy) is 1. The van der Waals surface area contributed by atoms with Crippen molar-refractivity contribution in [1.82, 2.24) is 4.98 Å². The third-order valence-electron chi connectivity index (χ3n) is 2.76. The standard InChI is InChI=1S/C14H17ClN2OS/c1-3-14-17-11(8-19-14)7-18-13-5-4-10(9(2)16)6-12(13)15/h4-6,8-9H,3,7,16H2,1-2H3. The maximum atomic E-state index is 6.17. The first-order valence-corrected chi connectivity index (χ1v) is 7.47. The molecule has 19 heavy (non-hydrogen) atoms. The molecule has 1 aromatic carbocycles. The number of hydrogen-bond acceptors (Lipinski definition) is 4. The van der Waals surface area contributed by atoms with Crippen LogP contribution in [-0.4, -0.2) is 4.98 Å². The smallest absolute Gasteiger partial charge is 0.138 e. The van der Waals surface area contributed by atoms with E-state index in [1.807, 2.05) is 30.5 Å². The zero-order chi connectivity index (χ0) is 13.8. The Morgan fingerprint density at radius 3 is 2.84 bits per heavy atom. The summed E-state index contributed by atoms with van der Waals surface area (Å²) in [7, 11) is 0. The van der Waals surface area contributed by atoms with E-state index in [4.69, 9.17) is 22.1 Å². The average molecular weight is 297 g/mol. The molecule has 0 fully saturated rings. The molecule has 3 nitrogen and oxygen atoms in total. The monoisotopic (exact) mass is 296 g/mol. The third kappa shape index (κ3) is 3.69. The fourth-order valence-electron chi connectivity index (χ4n) is 1.65. The summed E-state index contributed by atoms with van der Waals surface area (Å²) in [5.41, 5.74) is 7.75. The molecule has 2 aromatic rings. The van der Waals surface area contributed by atoms with Crippen molar-refractivity contribution in [2.24, 2.45) is 5.73 Å². The second kappa shape index (κ2) is 6.37. The fourth-order valence-corrected chi connectivity index (χ4v) is 2.62. The largest absolute Gasteiger partial charge is 0.486 e. The van der Waals surface area contributed by atoms with E-state index in [1.54, 1.807) is 11.3 Å². The van der Waals surface area contributed by atoms with Gasteiger partial charge in [0.15, 0.2) is 0 Å². The first-order valence-electron chi connectivity index (χ1n) is 6.21. The lowest BCUT2D eigenvalue weighted by atomic mass is 10.1. The van der Waals surface area contributed by atoms with Crippen molar-refractivity contribution in [2.75, 3.05) is 0 Å². The van der Waals surface area contributed by atoms with Gasteiger partial charge in [0.1, 0.15) is 12.4 Å². The molecule has 0 aliphatic heterocycles. The maximum Gasteiger partial charge on any atom is 0.138 e. The van der Waals surface area contributed by atoms with Crippen molar-refractivity contribution in [3.05, 3.63) is 44.9 Å². The van der Waals surface area contributed by atoms with Crippen LogP contribution in [-0.2, 0) is 13.0 Å². The van der Waals surface area contributed by atoms with Gasteiger partial charge in [0.25, 0.3) is 0 Å². The molecule has 5 heteroatoms. The van der Waals surface area contributed by atoms with Crippen molar-refractivity contribution >= 4 is 22.9 Å². The molecule has 0 aliphatic rings. The molecule has 1 unspecified atom stereocenters. The van der Waals surface area contributed by atoms with E-state index in [2.05, 4.69) is 11.9 Å². The Labute approximate surface area is 122 Å².